The first-order valence-electron chi connectivity index (χ1n) is 5.27. The summed E-state index contributed by atoms with van der Waals surface area (Å²) in [6.45, 7) is 0.592. The monoisotopic (exact) mass is 217 g/mol. The minimum atomic E-state index is 0.592. The highest BCUT2D eigenvalue weighted by atomic mass is 16.5. The number of hydrogen-bond donors (Lipinski definition) is 1. The second kappa shape index (κ2) is 4.90. The van der Waals surface area contributed by atoms with Crippen molar-refractivity contribution in [3.05, 3.63) is 35.4 Å². The van der Waals surface area contributed by atoms with Crippen molar-refractivity contribution in [1.29, 1.82) is 0 Å². The molecule has 4 heteroatoms. The third-order valence-corrected chi connectivity index (χ3v) is 2.55. The van der Waals surface area contributed by atoms with E-state index in [1.54, 1.807) is 7.11 Å². The van der Waals surface area contributed by atoms with Gasteiger partial charge in [-0.2, -0.15) is 5.10 Å². The van der Waals surface area contributed by atoms with Crippen molar-refractivity contribution in [3.8, 4) is 0 Å². The molecule has 0 saturated heterocycles. The quantitative estimate of drug-likeness (QED) is 0.837. The van der Waals surface area contributed by atoms with E-state index in [0.717, 1.165) is 29.7 Å². The third-order valence-electron chi connectivity index (χ3n) is 2.55. The van der Waals surface area contributed by atoms with Crippen LogP contribution in [0.2, 0.25) is 0 Å². The number of benzene rings is 1. The highest BCUT2D eigenvalue weighted by molar-refractivity contribution is 6.05. The lowest BCUT2D eigenvalue weighted by molar-refractivity contribution is 0.185. The normalized spacial score (nSPS) is 15.6. The first-order valence-corrected chi connectivity index (χ1v) is 5.27. The zero-order valence-corrected chi connectivity index (χ0v) is 9.31. The van der Waals surface area contributed by atoms with Gasteiger partial charge in [0.15, 0.2) is 0 Å². The number of ether oxygens (including phenoxy) is 1. The molecule has 1 heterocycles. The molecule has 0 atom stereocenters. The van der Waals surface area contributed by atoms with E-state index in [1.807, 2.05) is 24.3 Å². The topological polar surface area (TPSA) is 60.0 Å². The second-order valence-electron chi connectivity index (χ2n) is 3.73. The Bertz CT molecular complexity index is 438. The Kier molecular flexibility index (Phi) is 3.31. The Balaban J connectivity index is 2.33. The molecule has 0 saturated carbocycles. The fourth-order valence-electron chi connectivity index (χ4n) is 1.74. The number of amidine groups is 1. The summed E-state index contributed by atoms with van der Waals surface area (Å²) in [4.78, 5) is 0. The van der Waals surface area contributed by atoms with Crippen LogP contribution in [0, 0.1) is 0 Å². The van der Waals surface area contributed by atoms with Crippen LogP contribution in [0.25, 0.3) is 0 Å². The molecule has 84 valence electrons. The van der Waals surface area contributed by atoms with Gasteiger partial charge < -0.3 is 10.5 Å². The zero-order valence-electron chi connectivity index (χ0n) is 9.31. The van der Waals surface area contributed by atoms with Gasteiger partial charge in [0, 0.05) is 19.1 Å². The van der Waals surface area contributed by atoms with Crippen LogP contribution in [-0.4, -0.2) is 18.7 Å². The fourth-order valence-corrected chi connectivity index (χ4v) is 1.74. The predicted octanol–water partition coefficient (Wildman–Crippen LogP) is 1.69. The maximum Gasteiger partial charge on any atom is 0.122 e. The Hall–Kier alpha value is -1.68. The van der Waals surface area contributed by atoms with E-state index >= 15 is 0 Å². The van der Waals surface area contributed by atoms with Gasteiger partial charge >= 0.3 is 0 Å². The summed E-state index contributed by atoms with van der Waals surface area (Å²) in [5.74, 6) is 0.605. The molecule has 2 rings (SSSR count). The molecule has 4 nitrogen and oxygen atoms in total. The number of methoxy groups -OCH3 is 1. The fraction of sp³-hybridized carbons (Fsp3) is 0.333. The molecule has 0 aromatic heterocycles. The first-order chi connectivity index (χ1) is 7.81. The standard InChI is InChI=1S/C12H15N3O/c1-16-8-9-4-2-3-5-10(9)11-6-7-12(13)15-14-11/h2-5H,6-8H2,1H3,(H2,13,15). The van der Waals surface area contributed by atoms with E-state index in [9.17, 15) is 0 Å². The van der Waals surface area contributed by atoms with E-state index in [0.29, 0.717) is 12.4 Å². The average Bonchev–Trinajstić information content (AvgIpc) is 2.32. The van der Waals surface area contributed by atoms with Crippen molar-refractivity contribution in [2.75, 3.05) is 7.11 Å². The molecule has 0 aliphatic carbocycles. The summed E-state index contributed by atoms with van der Waals surface area (Å²) in [6.07, 6.45) is 1.62. The van der Waals surface area contributed by atoms with Gasteiger partial charge in [-0.05, 0) is 12.0 Å². The smallest absolute Gasteiger partial charge is 0.122 e. The van der Waals surface area contributed by atoms with Gasteiger partial charge in [0.05, 0.1) is 12.3 Å². The summed E-state index contributed by atoms with van der Waals surface area (Å²) < 4.78 is 5.16. The Labute approximate surface area is 94.8 Å². The predicted molar refractivity (Wildman–Crippen MR) is 64.5 cm³/mol. The molecule has 1 aliphatic rings. The van der Waals surface area contributed by atoms with Crippen molar-refractivity contribution in [2.24, 2.45) is 15.9 Å². The van der Waals surface area contributed by atoms with Gasteiger partial charge in [0.1, 0.15) is 5.84 Å². The van der Waals surface area contributed by atoms with Gasteiger partial charge in [-0.15, -0.1) is 5.10 Å². The lowest BCUT2D eigenvalue weighted by Crippen LogP contribution is -2.18. The van der Waals surface area contributed by atoms with Gasteiger partial charge in [-0.1, -0.05) is 24.3 Å². The van der Waals surface area contributed by atoms with E-state index in [4.69, 9.17) is 10.5 Å². The summed E-state index contributed by atoms with van der Waals surface area (Å²) in [7, 11) is 1.69. The number of nitrogens with zero attached hydrogens (tertiary/aromatic N) is 2. The van der Waals surface area contributed by atoms with Crippen LogP contribution < -0.4 is 5.73 Å². The minimum absolute atomic E-state index is 0.592. The van der Waals surface area contributed by atoms with E-state index < -0.39 is 0 Å². The van der Waals surface area contributed by atoms with Crippen LogP contribution in [0.4, 0.5) is 0 Å². The van der Waals surface area contributed by atoms with Crippen LogP contribution in [-0.2, 0) is 11.3 Å². The van der Waals surface area contributed by atoms with Crippen molar-refractivity contribution >= 4 is 11.5 Å². The molecule has 0 unspecified atom stereocenters. The highest BCUT2D eigenvalue weighted by Crippen LogP contribution is 2.16. The number of rotatable bonds is 3. The lowest BCUT2D eigenvalue weighted by Gasteiger charge is -2.13. The second-order valence-corrected chi connectivity index (χ2v) is 3.73. The molecule has 0 radical (unpaired) electrons. The zero-order chi connectivity index (χ0) is 11.4. The molecule has 0 fully saturated rings. The van der Waals surface area contributed by atoms with Gasteiger partial charge in [0.2, 0.25) is 0 Å². The van der Waals surface area contributed by atoms with Crippen LogP contribution >= 0.6 is 0 Å². The molecule has 0 bridgehead atoms. The molecule has 1 aromatic rings. The van der Waals surface area contributed by atoms with Crippen LogP contribution in [0.15, 0.2) is 34.5 Å². The number of hydrogen-bond acceptors (Lipinski definition) is 4. The molecule has 0 amide bonds. The van der Waals surface area contributed by atoms with Crippen molar-refractivity contribution in [2.45, 2.75) is 19.4 Å². The van der Waals surface area contributed by atoms with Crippen molar-refractivity contribution in [1.82, 2.24) is 0 Å². The molecule has 1 aliphatic heterocycles. The van der Waals surface area contributed by atoms with Gasteiger partial charge in [-0.3, -0.25) is 0 Å². The van der Waals surface area contributed by atoms with E-state index in [-0.39, 0.29) is 0 Å². The van der Waals surface area contributed by atoms with Gasteiger partial charge in [-0.25, -0.2) is 0 Å². The van der Waals surface area contributed by atoms with Crippen molar-refractivity contribution in [3.63, 3.8) is 0 Å². The first kappa shape index (κ1) is 10.8. The molecule has 0 spiro atoms. The summed E-state index contributed by atoms with van der Waals surface area (Å²) in [6, 6.07) is 8.09. The van der Waals surface area contributed by atoms with Crippen LogP contribution in [0.3, 0.4) is 0 Å². The third kappa shape index (κ3) is 2.28. The van der Waals surface area contributed by atoms with E-state index in [2.05, 4.69) is 10.2 Å². The Morgan fingerprint density at radius 3 is 2.75 bits per heavy atom. The summed E-state index contributed by atoms with van der Waals surface area (Å²) in [5, 5.41) is 8.08. The maximum absolute atomic E-state index is 5.59. The van der Waals surface area contributed by atoms with Gasteiger partial charge in [0.25, 0.3) is 0 Å². The molecule has 1 aromatic carbocycles. The average molecular weight is 217 g/mol. The van der Waals surface area contributed by atoms with Crippen molar-refractivity contribution < 1.29 is 4.74 Å². The molecular formula is C12H15N3O. The molecule has 16 heavy (non-hydrogen) atoms. The molecular weight excluding hydrogens is 202 g/mol. The summed E-state index contributed by atoms with van der Waals surface area (Å²) >= 11 is 0. The summed E-state index contributed by atoms with van der Waals surface area (Å²) in [5.41, 5.74) is 8.83. The number of nitrogens with two attached hydrogens (primary N) is 1. The van der Waals surface area contributed by atoms with Crippen LogP contribution in [0.5, 0.6) is 0 Å². The minimum Gasteiger partial charge on any atom is -0.386 e. The van der Waals surface area contributed by atoms with Crippen LogP contribution in [0.1, 0.15) is 24.0 Å². The maximum atomic E-state index is 5.59. The highest BCUT2D eigenvalue weighted by Gasteiger charge is 2.12. The largest absolute Gasteiger partial charge is 0.386 e. The Morgan fingerprint density at radius 1 is 1.25 bits per heavy atom. The molecule has 2 N–H and O–H groups in total. The van der Waals surface area contributed by atoms with E-state index in [1.165, 1.54) is 0 Å². The Morgan fingerprint density at radius 2 is 2.06 bits per heavy atom. The SMILES string of the molecule is COCc1ccccc1C1=NN=C(N)CC1. The lowest BCUT2D eigenvalue weighted by atomic mass is 9.99.